The fourth-order valence-electron chi connectivity index (χ4n) is 2.40. The number of carbonyl (C=O) groups excluding carboxylic acids is 1. The molecule has 0 bridgehead atoms. The number of aromatic amines is 1. The average Bonchev–Trinajstić information content (AvgIpc) is 2.92. The van der Waals surface area contributed by atoms with E-state index in [0.717, 1.165) is 25.9 Å². The zero-order chi connectivity index (χ0) is 13.0. The van der Waals surface area contributed by atoms with E-state index in [-0.39, 0.29) is 12.5 Å². The topological polar surface area (TPSA) is 84.2 Å². The lowest BCUT2D eigenvalue weighted by molar-refractivity contribution is -0.134. The molecule has 2 rings (SSSR count). The second-order valence-corrected chi connectivity index (χ2v) is 4.69. The fourth-order valence-corrected chi connectivity index (χ4v) is 2.40. The van der Waals surface area contributed by atoms with Crippen LogP contribution in [0.4, 0.5) is 0 Å². The number of amides is 1. The molecule has 1 saturated heterocycles. The van der Waals surface area contributed by atoms with Crippen LogP contribution < -0.4 is 5.73 Å². The van der Waals surface area contributed by atoms with E-state index in [1.165, 1.54) is 5.56 Å². The van der Waals surface area contributed by atoms with E-state index < -0.39 is 6.04 Å². The minimum atomic E-state index is -0.541. The number of likely N-dealkylation sites (tertiary alicyclic amines) is 1. The summed E-state index contributed by atoms with van der Waals surface area (Å²) in [4.78, 5) is 13.8. The van der Waals surface area contributed by atoms with E-state index >= 15 is 0 Å². The smallest absolute Gasteiger partial charge is 0.241 e. The first kappa shape index (κ1) is 13.0. The first-order valence-electron chi connectivity index (χ1n) is 6.24. The van der Waals surface area contributed by atoms with Crippen LogP contribution in [0.25, 0.3) is 0 Å². The Labute approximate surface area is 106 Å². The molecular weight excluding hydrogens is 232 g/mol. The molecule has 1 aliphatic heterocycles. The predicted octanol–water partition coefficient (Wildman–Crippen LogP) is 0.0894. The van der Waals surface area contributed by atoms with Gasteiger partial charge < -0.3 is 15.4 Å². The fraction of sp³-hybridized carbons (Fsp3) is 0.667. The van der Waals surface area contributed by atoms with Crippen molar-refractivity contribution in [2.75, 3.05) is 26.8 Å². The van der Waals surface area contributed by atoms with Gasteiger partial charge in [-0.1, -0.05) is 0 Å². The molecule has 0 spiro atoms. The minimum absolute atomic E-state index is 0.0116. The number of hydrogen-bond donors (Lipinski definition) is 2. The Hall–Kier alpha value is -1.40. The van der Waals surface area contributed by atoms with Gasteiger partial charge in [-0.2, -0.15) is 5.10 Å². The van der Waals surface area contributed by atoms with Crippen LogP contribution in [0.3, 0.4) is 0 Å². The third-order valence-corrected chi connectivity index (χ3v) is 3.46. The number of rotatable bonds is 4. The molecule has 1 aliphatic rings. The quantitative estimate of drug-likeness (QED) is 0.795. The van der Waals surface area contributed by atoms with Crippen molar-refractivity contribution in [2.24, 2.45) is 5.73 Å². The second-order valence-electron chi connectivity index (χ2n) is 4.69. The molecule has 3 N–H and O–H groups in total. The average molecular weight is 252 g/mol. The molecular formula is C12H20N4O2. The number of carbonyl (C=O) groups is 1. The van der Waals surface area contributed by atoms with Gasteiger partial charge in [-0.3, -0.25) is 9.89 Å². The lowest BCUT2D eigenvalue weighted by atomic mass is 9.91. The molecule has 6 nitrogen and oxygen atoms in total. The largest absolute Gasteiger partial charge is 0.383 e. The van der Waals surface area contributed by atoms with Crippen molar-refractivity contribution in [3.8, 4) is 0 Å². The summed E-state index contributed by atoms with van der Waals surface area (Å²) >= 11 is 0. The second kappa shape index (κ2) is 5.97. The highest BCUT2D eigenvalue weighted by Crippen LogP contribution is 2.27. The maximum absolute atomic E-state index is 12.0. The number of nitrogens with one attached hydrogen (secondary N) is 1. The molecule has 1 atom stereocenters. The third-order valence-electron chi connectivity index (χ3n) is 3.46. The van der Waals surface area contributed by atoms with E-state index in [9.17, 15) is 4.79 Å². The van der Waals surface area contributed by atoms with Crippen LogP contribution in [0.2, 0.25) is 0 Å². The van der Waals surface area contributed by atoms with E-state index in [0.29, 0.717) is 5.92 Å². The van der Waals surface area contributed by atoms with Crippen molar-refractivity contribution in [3.05, 3.63) is 18.0 Å². The number of piperidine rings is 1. The molecule has 0 aromatic carbocycles. The summed E-state index contributed by atoms with van der Waals surface area (Å²) in [5, 5.41) is 6.79. The Balaban J connectivity index is 1.85. The monoisotopic (exact) mass is 252 g/mol. The zero-order valence-electron chi connectivity index (χ0n) is 10.6. The highest BCUT2D eigenvalue weighted by molar-refractivity contribution is 5.81. The van der Waals surface area contributed by atoms with Gasteiger partial charge in [0, 0.05) is 26.4 Å². The van der Waals surface area contributed by atoms with E-state index in [1.54, 1.807) is 7.11 Å². The number of methoxy groups -OCH3 is 1. The van der Waals surface area contributed by atoms with Crippen molar-refractivity contribution >= 4 is 5.91 Å². The van der Waals surface area contributed by atoms with Crippen LogP contribution >= 0.6 is 0 Å². The van der Waals surface area contributed by atoms with Crippen LogP contribution in [0, 0.1) is 0 Å². The standard InChI is InChI=1S/C12H20N4O2/c1-18-8-11(13)12(17)16-4-2-9(3-5-16)10-6-14-15-7-10/h6-7,9,11H,2-5,8,13H2,1H3,(H,14,15). The lowest BCUT2D eigenvalue weighted by Gasteiger charge is -2.33. The lowest BCUT2D eigenvalue weighted by Crippen LogP contribution is -2.48. The summed E-state index contributed by atoms with van der Waals surface area (Å²) in [5.41, 5.74) is 6.98. The van der Waals surface area contributed by atoms with Crippen LogP contribution in [0.1, 0.15) is 24.3 Å². The Kier molecular flexibility index (Phi) is 4.33. The van der Waals surface area contributed by atoms with Gasteiger partial charge in [0.1, 0.15) is 6.04 Å². The van der Waals surface area contributed by atoms with Crippen molar-refractivity contribution in [1.82, 2.24) is 15.1 Å². The molecule has 6 heteroatoms. The van der Waals surface area contributed by atoms with Gasteiger partial charge in [-0.15, -0.1) is 0 Å². The summed E-state index contributed by atoms with van der Waals surface area (Å²) in [7, 11) is 1.55. The van der Waals surface area contributed by atoms with Crippen LogP contribution in [0.15, 0.2) is 12.4 Å². The zero-order valence-corrected chi connectivity index (χ0v) is 10.6. The predicted molar refractivity (Wildman–Crippen MR) is 67.0 cm³/mol. The van der Waals surface area contributed by atoms with Crippen molar-refractivity contribution in [1.29, 1.82) is 0 Å². The van der Waals surface area contributed by atoms with E-state index in [4.69, 9.17) is 10.5 Å². The number of hydrogen-bond acceptors (Lipinski definition) is 4. The minimum Gasteiger partial charge on any atom is -0.383 e. The molecule has 18 heavy (non-hydrogen) atoms. The molecule has 100 valence electrons. The SMILES string of the molecule is COCC(N)C(=O)N1CCC(c2cn[nH]c2)CC1. The van der Waals surface area contributed by atoms with E-state index in [1.807, 2.05) is 17.3 Å². The Morgan fingerprint density at radius 2 is 2.39 bits per heavy atom. The third kappa shape index (κ3) is 2.88. The number of nitrogens with zero attached hydrogens (tertiary/aromatic N) is 2. The first-order chi connectivity index (χ1) is 8.72. The van der Waals surface area contributed by atoms with Gasteiger partial charge in [0.25, 0.3) is 0 Å². The summed E-state index contributed by atoms with van der Waals surface area (Å²) in [6.45, 7) is 1.79. The highest BCUT2D eigenvalue weighted by atomic mass is 16.5. The maximum Gasteiger partial charge on any atom is 0.241 e. The van der Waals surface area contributed by atoms with Crippen molar-refractivity contribution in [2.45, 2.75) is 24.8 Å². The molecule has 1 aromatic heterocycles. The maximum atomic E-state index is 12.0. The van der Waals surface area contributed by atoms with Crippen molar-refractivity contribution in [3.63, 3.8) is 0 Å². The molecule has 0 radical (unpaired) electrons. The molecule has 2 heterocycles. The van der Waals surface area contributed by atoms with Gasteiger partial charge >= 0.3 is 0 Å². The van der Waals surface area contributed by atoms with Gasteiger partial charge in [0.05, 0.1) is 12.8 Å². The number of ether oxygens (including phenoxy) is 1. The molecule has 1 aromatic rings. The first-order valence-corrected chi connectivity index (χ1v) is 6.24. The molecule has 1 unspecified atom stereocenters. The van der Waals surface area contributed by atoms with Gasteiger partial charge in [0.15, 0.2) is 0 Å². The number of aromatic nitrogens is 2. The summed E-state index contributed by atoms with van der Waals surface area (Å²) < 4.78 is 4.91. The Morgan fingerprint density at radius 1 is 1.67 bits per heavy atom. The summed E-state index contributed by atoms with van der Waals surface area (Å²) in [6.07, 6.45) is 5.72. The highest BCUT2D eigenvalue weighted by Gasteiger charge is 2.27. The molecule has 0 saturated carbocycles. The number of H-pyrrole nitrogens is 1. The Bertz CT molecular complexity index is 371. The normalized spacial score (nSPS) is 18.9. The number of nitrogens with two attached hydrogens (primary N) is 1. The summed E-state index contributed by atoms with van der Waals surface area (Å²) in [5.74, 6) is 0.481. The molecule has 0 aliphatic carbocycles. The molecule has 1 amide bonds. The van der Waals surface area contributed by atoms with Crippen LogP contribution in [0.5, 0.6) is 0 Å². The van der Waals surface area contributed by atoms with Gasteiger partial charge in [-0.05, 0) is 24.3 Å². The molecule has 1 fully saturated rings. The van der Waals surface area contributed by atoms with Crippen molar-refractivity contribution < 1.29 is 9.53 Å². The summed E-state index contributed by atoms with van der Waals surface area (Å²) in [6, 6.07) is -0.541. The van der Waals surface area contributed by atoms with Gasteiger partial charge in [0.2, 0.25) is 5.91 Å². The van der Waals surface area contributed by atoms with E-state index in [2.05, 4.69) is 10.2 Å². The van der Waals surface area contributed by atoms with Gasteiger partial charge in [-0.25, -0.2) is 0 Å². The van der Waals surface area contributed by atoms with Crippen LogP contribution in [-0.2, 0) is 9.53 Å². The Morgan fingerprint density at radius 3 is 2.94 bits per heavy atom. The van der Waals surface area contributed by atoms with Crippen LogP contribution in [-0.4, -0.2) is 53.9 Å².